The van der Waals surface area contributed by atoms with Crippen molar-refractivity contribution in [2.24, 2.45) is 0 Å². The third-order valence-electron chi connectivity index (χ3n) is 5.10. The minimum absolute atomic E-state index is 0.0768. The number of imide groups is 2. The molecule has 1 aromatic carbocycles. The first kappa shape index (κ1) is 19.9. The molecule has 4 rings (SSSR count). The van der Waals surface area contributed by atoms with Gasteiger partial charge in [-0.25, -0.2) is 4.79 Å². The van der Waals surface area contributed by atoms with Gasteiger partial charge < -0.3 is 8.98 Å². The van der Waals surface area contributed by atoms with Gasteiger partial charge in [-0.3, -0.25) is 19.8 Å². The van der Waals surface area contributed by atoms with Gasteiger partial charge in [-0.15, -0.1) is 0 Å². The van der Waals surface area contributed by atoms with Crippen LogP contribution in [0.4, 0.5) is 4.79 Å². The smallest absolute Gasteiger partial charge is 0.331 e. The summed E-state index contributed by atoms with van der Waals surface area (Å²) in [5, 5.41) is 11.2. The van der Waals surface area contributed by atoms with E-state index in [1.165, 1.54) is 12.3 Å². The van der Waals surface area contributed by atoms with Crippen LogP contribution < -0.4 is 5.32 Å². The number of nitrogens with one attached hydrogen (secondary N) is 1. The van der Waals surface area contributed by atoms with E-state index in [1.807, 2.05) is 36.6 Å². The van der Waals surface area contributed by atoms with E-state index in [2.05, 4.69) is 11.4 Å². The Morgan fingerprint density at radius 3 is 2.52 bits per heavy atom. The van der Waals surface area contributed by atoms with Crippen LogP contribution in [0.25, 0.3) is 11.8 Å². The summed E-state index contributed by atoms with van der Waals surface area (Å²) in [5.41, 5.74) is 3.65. The number of aromatic nitrogens is 1. The molecule has 0 atom stereocenters. The zero-order valence-electron chi connectivity index (χ0n) is 16.9. The zero-order valence-corrected chi connectivity index (χ0v) is 16.9. The molecule has 154 valence electrons. The normalized spacial score (nSPS) is 15.3. The standard InChI is InChI=1S/C23H18N4O4/c1-14-10-17(15(2)27(14)18-7-5-16(12-24)6-8-18)11-20-21(28)25-23(30)26(22(20)29)13-19-4-3-9-31-19/h3-11H,13H2,1-2H3,(H,25,28,30). The van der Waals surface area contributed by atoms with E-state index in [1.54, 1.807) is 24.3 Å². The largest absolute Gasteiger partial charge is 0.467 e. The summed E-state index contributed by atoms with van der Waals surface area (Å²) in [6, 6.07) is 13.6. The lowest BCUT2D eigenvalue weighted by Gasteiger charge is -2.25. The third-order valence-corrected chi connectivity index (χ3v) is 5.10. The molecule has 8 nitrogen and oxygen atoms in total. The second kappa shape index (κ2) is 7.80. The molecule has 0 saturated carbocycles. The van der Waals surface area contributed by atoms with Crippen molar-refractivity contribution in [2.45, 2.75) is 20.4 Å². The Morgan fingerprint density at radius 1 is 1.13 bits per heavy atom. The molecule has 3 heterocycles. The Balaban J connectivity index is 1.70. The van der Waals surface area contributed by atoms with Gasteiger partial charge in [0.05, 0.1) is 24.4 Å². The Labute approximate surface area is 178 Å². The third kappa shape index (κ3) is 3.65. The maximum absolute atomic E-state index is 12.9. The number of carbonyl (C=O) groups is 3. The topological polar surface area (TPSA) is 108 Å². The van der Waals surface area contributed by atoms with Crippen LogP contribution in [-0.4, -0.2) is 27.3 Å². The van der Waals surface area contributed by atoms with Crippen molar-refractivity contribution in [1.29, 1.82) is 5.26 Å². The summed E-state index contributed by atoms with van der Waals surface area (Å²) in [6.07, 6.45) is 2.93. The summed E-state index contributed by atoms with van der Waals surface area (Å²) in [7, 11) is 0. The van der Waals surface area contributed by atoms with Crippen molar-refractivity contribution >= 4 is 23.9 Å². The molecule has 8 heteroatoms. The molecule has 0 radical (unpaired) electrons. The quantitative estimate of drug-likeness (QED) is 0.521. The van der Waals surface area contributed by atoms with Crippen LogP contribution in [0.3, 0.4) is 0 Å². The lowest BCUT2D eigenvalue weighted by molar-refractivity contribution is -0.130. The number of nitriles is 1. The van der Waals surface area contributed by atoms with Crippen LogP contribution in [0, 0.1) is 25.2 Å². The molecule has 1 saturated heterocycles. The number of urea groups is 1. The van der Waals surface area contributed by atoms with Gasteiger partial charge >= 0.3 is 6.03 Å². The van der Waals surface area contributed by atoms with Crippen LogP contribution in [0.5, 0.6) is 0 Å². The number of hydrogen-bond acceptors (Lipinski definition) is 5. The van der Waals surface area contributed by atoms with Crippen molar-refractivity contribution in [1.82, 2.24) is 14.8 Å². The minimum atomic E-state index is -0.786. The van der Waals surface area contributed by atoms with Gasteiger partial charge in [0.15, 0.2) is 0 Å². The maximum atomic E-state index is 12.9. The van der Waals surface area contributed by atoms with E-state index in [0.717, 1.165) is 22.0 Å². The molecular formula is C23H18N4O4. The Morgan fingerprint density at radius 2 is 1.87 bits per heavy atom. The fraction of sp³-hybridized carbons (Fsp3) is 0.130. The van der Waals surface area contributed by atoms with Crippen molar-refractivity contribution in [3.63, 3.8) is 0 Å². The number of aryl methyl sites for hydroxylation is 1. The van der Waals surface area contributed by atoms with E-state index in [9.17, 15) is 14.4 Å². The van der Waals surface area contributed by atoms with Gasteiger partial charge in [-0.1, -0.05) is 0 Å². The highest BCUT2D eigenvalue weighted by Gasteiger charge is 2.36. The summed E-state index contributed by atoms with van der Waals surface area (Å²) >= 11 is 0. The van der Waals surface area contributed by atoms with Crippen LogP contribution in [0.1, 0.15) is 28.3 Å². The van der Waals surface area contributed by atoms with Crippen LogP contribution in [-0.2, 0) is 16.1 Å². The molecule has 0 aliphatic carbocycles. The molecule has 31 heavy (non-hydrogen) atoms. The monoisotopic (exact) mass is 414 g/mol. The first-order valence-electron chi connectivity index (χ1n) is 9.50. The average Bonchev–Trinajstić information content (AvgIpc) is 3.36. The molecule has 0 bridgehead atoms. The fourth-order valence-corrected chi connectivity index (χ4v) is 3.57. The Hall–Kier alpha value is -4.38. The number of benzene rings is 1. The van der Waals surface area contributed by atoms with Gasteiger partial charge in [0.25, 0.3) is 11.8 Å². The van der Waals surface area contributed by atoms with Gasteiger partial charge in [-0.05, 0) is 68.0 Å². The van der Waals surface area contributed by atoms with Gasteiger partial charge in [0, 0.05) is 17.1 Å². The fourth-order valence-electron chi connectivity index (χ4n) is 3.57. The Kier molecular flexibility index (Phi) is 5.01. The zero-order chi connectivity index (χ0) is 22.1. The molecule has 1 N–H and O–H groups in total. The van der Waals surface area contributed by atoms with Crippen molar-refractivity contribution in [3.05, 3.63) is 82.6 Å². The summed E-state index contributed by atoms with van der Waals surface area (Å²) in [4.78, 5) is 38.4. The van der Waals surface area contributed by atoms with Gasteiger partial charge in [0.1, 0.15) is 11.3 Å². The number of barbiturate groups is 1. The second-order valence-electron chi connectivity index (χ2n) is 7.11. The highest BCUT2D eigenvalue weighted by Crippen LogP contribution is 2.25. The van der Waals surface area contributed by atoms with Crippen molar-refractivity contribution in [3.8, 4) is 11.8 Å². The van der Waals surface area contributed by atoms with E-state index >= 15 is 0 Å². The number of furan rings is 1. The van der Waals surface area contributed by atoms with Crippen LogP contribution in [0.15, 0.2) is 58.7 Å². The predicted molar refractivity (Wildman–Crippen MR) is 111 cm³/mol. The average molecular weight is 414 g/mol. The molecule has 1 aliphatic heterocycles. The number of carbonyl (C=O) groups excluding carboxylic acids is 3. The molecule has 4 amide bonds. The number of hydrogen-bond donors (Lipinski definition) is 1. The first-order valence-corrected chi connectivity index (χ1v) is 9.50. The van der Waals surface area contributed by atoms with E-state index in [-0.39, 0.29) is 12.1 Å². The SMILES string of the molecule is Cc1cc(C=C2C(=O)NC(=O)N(Cc3ccco3)C2=O)c(C)n1-c1ccc(C#N)cc1. The van der Waals surface area contributed by atoms with E-state index in [4.69, 9.17) is 9.68 Å². The lowest BCUT2D eigenvalue weighted by atomic mass is 10.1. The van der Waals surface area contributed by atoms with Crippen molar-refractivity contribution in [2.75, 3.05) is 0 Å². The number of nitrogens with zero attached hydrogens (tertiary/aromatic N) is 3. The van der Waals surface area contributed by atoms with E-state index < -0.39 is 17.8 Å². The highest BCUT2D eigenvalue weighted by atomic mass is 16.3. The molecule has 0 unspecified atom stereocenters. The van der Waals surface area contributed by atoms with E-state index in [0.29, 0.717) is 16.9 Å². The molecule has 0 spiro atoms. The van der Waals surface area contributed by atoms with Gasteiger partial charge in [0.2, 0.25) is 0 Å². The van der Waals surface area contributed by atoms with Crippen molar-refractivity contribution < 1.29 is 18.8 Å². The molecule has 2 aromatic heterocycles. The predicted octanol–water partition coefficient (Wildman–Crippen LogP) is 3.22. The maximum Gasteiger partial charge on any atom is 0.331 e. The first-order chi connectivity index (χ1) is 14.9. The molecular weight excluding hydrogens is 396 g/mol. The Bertz CT molecular complexity index is 1260. The molecule has 3 aromatic rings. The molecule has 1 fully saturated rings. The second-order valence-corrected chi connectivity index (χ2v) is 7.11. The summed E-state index contributed by atoms with van der Waals surface area (Å²) in [5.74, 6) is -1.00. The van der Waals surface area contributed by atoms with Gasteiger partial charge in [-0.2, -0.15) is 5.26 Å². The summed E-state index contributed by atoms with van der Waals surface area (Å²) < 4.78 is 7.18. The number of amides is 4. The highest BCUT2D eigenvalue weighted by molar-refractivity contribution is 6.31. The summed E-state index contributed by atoms with van der Waals surface area (Å²) in [6.45, 7) is 3.70. The molecule has 1 aliphatic rings. The van der Waals surface area contributed by atoms with Crippen LogP contribution >= 0.6 is 0 Å². The number of rotatable bonds is 4. The lowest BCUT2D eigenvalue weighted by Crippen LogP contribution is -2.53. The van der Waals surface area contributed by atoms with Crippen LogP contribution in [0.2, 0.25) is 0 Å². The minimum Gasteiger partial charge on any atom is -0.467 e.